The topological polar surface area (TPSA) is 252 Å². The van der Waals surface area contributed by atoms with Gasteiger partial charge >= 0.3 is 31.3 Å². The predicted octanol–water partition coefficient (Wildman–Crippen LogP) is 7.41. The van der Waals surface area contributed by atoms with Crippen molar-refractivity contribution >= 4 is 31.3 Å². The Kier molecular flexibility index (Phi) is 23.0. The molecule has 2 fully saturated rings. The van der Waals surface area contributed by atoms with Crippen LogP contribution in [0.1, 0.15) is 136 Å². The van der Waals surface area contributed by atoms with Crippen molar-refractivity contribution in [2.75, 3.05) is 13.2 Å². The maximum absolute atomic E-state index is 11.5. The zero-order valence-electron chi connectivity index (χ0n) is 27.7. The van der Waals surface area contributed by atoms with Crippen LogP contribution in [0.5, 0.6) is 0 Å². The smallest absolute Gasteiger partial charge is 0.373 e. The Morgan fingerprint density at radius 3 is 1.28 bits per heavy atom. The highest BCUT2D eigenvalue weighted by Gasteiger charge is 2.35. The van der Waals surface area contributed by atoms with Gasteiger partial charge in [-0.05, 0) is 39.0 Å². The molecule has 0 radical (unpaired) electrons. The van der Waals surface area contributed by atoms with E-state index in [-0.39, 0.29) is 0 Å². The summed E-state index contributed by atoms with van der Waals surface area (Å²) < 4.78 is 71.4. The van der Waals surface area contributed by atoms with Crippen molar-refractivity contribution in [1.82, 2.24) is 0 Å². The Bertz CT molecular complexity index is 1010. The fourth-order valence-corrected chi connectivity index (χ4v) is 8.54. The van der Waals surface area contributed by atoms with Gasteiger partial charge < -0.3 is 38.8 Å². The summed E-state index contributed by atoms with van der Waals surface area (Å²) in [4.78, 5) is 52.7. The van der Waals surface area contributed by atoms with Gasteiger partial charge in [0.1, 0.15) is 0 Å². The molecule has 6 N–H and O–H groups in total. The molecule has 2 heterocycles. The third-order valence-electron chi connectivity index (χ3n) is 7.46. The number of ether oxygens (including phenoxy) is 2. The molecular formula is C27H58O16P4. The second-order valence-electron chi connectivity index (χ2n) is 12.1. The van der Waals surface area contributed by atoms with Crippen molar-refractivity contribution in [3.8, 4) is 0 Å². The first-order valence-corrected chi connectivity index (χ1v) is 22.7. The molecule has 0 amide bonds. The minimum absolute atomic E-state index is 0.471. The molecule has 47 heavy (non-hydrogen) atoms. The molecule has 0 bridgehead atoms. The van der Waals surface area contributed by atoms with Crippen LogP contribution in [0, 0.1) is 0 Å². The first-order valence-electron chi connectivity index (χ1n) is 16.7. The number of phosphoric acid groups is 4. The monoisotopic (exact) mass is 762 g/mol. The number of unbranched alkanes of at least 4 members (excludes halogenated alkanes) is 12. The van der Waals surface area contributed by atoms with E-state index in [1.807, 2.05) is 0 Å². The third kappa shape index (κ3) is 30.9. The first-order chi connectivity index (χ1) is 21.9. The van der Waals surface area contributed by atoms with E-state index in [1.165, 1.54) is 64.2 Å². The highest BCUT2D eigenvalue weighted by atomic mass is 31.3. The number of hydrogen-bond donors (Lipinski definition) is 6. The van der Waals surface area contributed by atoms with Crippen LogP contribution in [0.15, 0.2) is 0 Å². The molecule has 282 valence electrons. The lowest BCUT2D eigenvalue weighted by molar-refractivity contribution is 0.116. The molecular weight excluding hydrogens is 704 g/mol. The Morgan fingerprint density at radius 1 is 0.574 bits per heavy atom. The van der Waals surface area contributed by atoms with Gasteiger partial charge in [0.15, 0.2) is 0 Å². The van der Waals surface area contributed by atoms with Crippen molar-refractivity contribution < 1.29 is 74.8 Å². The van der Waals surface area contributed by atoms with Gasteiger partial charge in [0.25, 0.3) is 0 Å². The van der Waals surface area contributed by atoms with Gasteiger partial charge in [-0.3, -0.25) is 9.05 Å². The Morgan fingerprint density at radius 2 is 0.915 bits per heavy atom. The summed E-state index contributed by atoms with van der Waals surface area (Å²) in [6.07, 6.45) is 19.3. The summed E-state index contributed by atoms with van der Waals surface area (Å²) in [5, 5.41) is 0. The van der Waals surface area contributed by atoms with Gasteiger partial charge in [-0.25, -0.2) is 18.3 Å². The summed E-state index contributed by atoms with van der Waals surface area (Å²) in [5.41, 5.74) is 0. The molecule has 2 saturated heterocycles. The van der Waals surface area contributed by atoms with Crippen molar-refractivity contribution in [3.05, 3.63) is 0 Å². The van der Waals surface area contributed by atoms with Crippen LogP contribution < -0.4 is 0 Å². The maximum atomic E-state index is 11.5. The van der Waals surface area contributed by atoms with Crippen LogP contribution in [-0.4, -0.2) is 67.0 Å². The largest absolute Gasteiger partial charge is 0.481 e. The van der Waals surface area contributed by atoms with Crippen molar-refractivity contribution in [2.45, 2.75) is 160 Å². The van der Waals surface area contributed by atoms with Gasteiger partial charge in [0.05, 0.1) is 37.6 Å². The minimum atomic E-state index is -5.05. The normalized spacial score (nSPS) is 21.6. The third-order valence-corrected chi connectivity index (χ3v) is 12.0. The van der Waals surface area contributed by atoms with E-state index < -0.39 is 43.5 Å². The van der Waals surface area contributed by atoms with Crippen LogP contribution >= 0.6 is 31.3 Å². The molecule has 0 aromatic carbocycles. The SMILES string of the molecule is CC(CCCCCCCCCC1CO1)OP(=O)(O)OP(=O)(O)O.CCC(CCCCCCCCCC1CO1)OP(=O)(O)OP(=O)(O)O. The van der Waals surface area contributed by atoms with E-state index in [1.54, 1.807) is 13.8 Å². The molecule has 0 spiro atoms. The molecule has 20 heteroatoms. The molecule has 2 aliphatic rings. The Labute approximate surface area is 279 Å². The Hall–Kier alpha value is 0.440. The lowest BCUT2D eigenvalue weighted by atomic mass is 10.0. The van der Waals surface area contributed by atoms with E-state index in [9.17, 15) is 28.0 Å². The molecule has 0 aliphatic carbocycles. The molecule has 2 rings (SSSR count). The zero-order valence-corrected chi connectivity index (χ0v) is 31.3. The van der Waals surface area contributed by atoms with E-state index in [4.69, 9.17) is 33.6 Å². The van der Waals surface area contributed by atoms with Crippen LogP contribution in [0.3, 0.4) is 0 Å². The quantitative estimate of drug-likeness (QED) is 0.0246. The number of hydrogen-bond acceptors (Lipinski definition) is 10. The first kappa shape index (κ1) is 45.5. The van der Waals surface area contributed by atoms with Crippen molar-refractivity contribution in [2.24, 2.45) is 0 Å². The minimum Gasteiger partial charge on any atom is -0.373 e. The van der Waals surface area contributed by atoms with Crippen LogP contribution in [-0.2, 0) is 45.4 Å². The van der Waals surface area contributed by atoms with E-state index in [0.717, 1.165) is 51.7 Å². The lowest BCUT2D eigenvalue weighted by Crippen LogP contribution is -2.11. The summed E-state index contributed by atoms with van der Waals surface area (Å²) >= 11 is 0. The molecule has 0 aromatic rings. The molecule has 16 nitrogen and oxygen atoms in total. The van der Waals surface area contributed by atoms with Crippen molar-refractivity contribution in [3.63, 3.8) is 0 Å². The molecule has 0 saturated carbocycles. The average Bonchev–Trinajstić information content (AvgIpc) is 3.84. The predicted molar refractivity (Wildman–Crippen MR) is 174 cm³/mol. The second kappa shape index (κ2) is 23.8. The average molecular weight is 763 g/mol. The summed E-state index contributed by atoms with van der Waals surface area (Å²) in [5.74, 6) is 0. The fraction of sp³-hybridized carbons (Fsp3) is 1.00. The van der Waals surface area contributed by atoms with Gasteiger partial charge in [0, 0.05) is 0 Å². The molecule has 0 aromatic heterocycles. The second-order valence-corrected chi connectivity index (χ2v) is 17.7. The molecule has 6 unspecified atom stereocenters. The number of rotatable bonds is 29. The van der Waals surface area contributed by atoms with E-state index in [2.05, 4.69) is 13.1 Å². The van der Waals surface area contributed by atoms with Gasteiger partial charge in [-0.2, -0.15) is 8.62 Å². The van der Waals surface area contributed by atoms with E-state index in [0.29, 0.717) is 31.5 Å². The van der Waals surface area contributed by atoms with Crippen LogP contribution in [0.4, 0.5) is 0 Å². The number of phosphoric ester groups is 2. The zero-order chi connectivity index (χ0) is 35.4. The number of epoxide rings is 2. The van der Waals surface area contributed by atoms with Crippen molar-refractivity contribution in [1.29, 1.82) is 0 Å². The molecule has 2 aliphatic heterocycles. The standard InChI is InChI=1S/C14H30O8P2.C13H28O8P2/c1-2-13(21-24(18,19)22-23(15,16)17)10-8-6-4-3-5-7-9-11-14-12-20-14;1-12(20-23(17,18)21-22(14,15)16)9-7-5-3-2-4-6-8-10-13-11-19-13/h13-14H,2-12H2,1H3,(H,18,19)(H2,15,16,17);12-13H,2-11H2,1H3,(H,17,18)(H2,14,15,16). The van der Waals surface area contributed by atoms with Crippen LogP contribution in [0.2, 0.25) is 0 Å². The highest BCUT2D eigenvalue weighted by molar-refractivity contribution is 7.61. The fourth-order valence-electron chi connectivity index (χ4n) is 4.89. The summed E-state index contributed by atoms with van der Waals surface area (Å²) in [6.45, 7) is 5.22. The van der Waals surface area contributed by atoms with Gasteiger partial charge in [-0.15, -0.1) is 0 Å². The Balaban J connectivity index is 0.000000470. The summed E-state index contributed by atoms with van der Waals surface area (Å²) in [7, 11) is -19.6. The van der Waals surface area contributed by atoms with Gasteiger partial charge in [0.2, 0.25) is 0 Å². The van der Waals surface area contributed by atoms with E-state index >= 15 is 0 Å². The lowest BCUT2D eigenvalue weighted by Gasteiger charge is -2.19. The van der Waals surface area contributed by atoms with Gasteiger partial charge in [-0.1, -0.05) is 96.8 Å². The van der Waals surface area contributed by atoms with Crippen LogP contribution in [0.25, 0.3) is 0 Å². The highest BCUT2D eigenvalue weighted by Crippen LogP contribution is 2.59. The molecule has 6 atom stereocenters. The maximum Gasteiger partial charge on any atom is 0.481 e. The summed E-state index contributed by atoms with van der Waals surface area (Å²) in [6, 6.07) is 0.